The molecule has 0 bridgehead atoms. The third kappa shape index (κ3) is 1.63. The van der Waals surface area contributed by atoms with E-state index in [0.29, 0.717) is 24.0 Å². The largest absolute Gasteiger partial charge is 0.299 e. The van der Waals surface area contributed by atoms with Crippen molar-refractivity contribution in [2.24, 2.45) is 22.7 Å². The second kappa shape index (κ2) is 4.19. The molecule has 1 saturated carbocycles. The highest BCUT2D eigenvalue weighted by atomic mass is 16.1. The molecule has 3 aliphatic carbocycles. The maximum absolute atomic E-state index is 12.7. The van der Waals surface area contributed by atoms with Crippen molar-refractivity contribution in [1.82, 2.24) is 0 Å². The summed E-state index contributed by atoms with van der Waals surface area (Å²) in [5.41, 5.74) is 1.33. The number of Topliss-reactive ketones (excluding diaryl/α,β-unsaturated/α-hetero) is 1. The minimum atomic E-state index is -0.132. The lowest BCUT2D eigenvalue weighted by molar-refractivity contribution is -0.146. The average Bonchev–Trinajstić information content (AvgIpc) is 2.84. The van der Waals surface area contributed by atoms with Crippen molar-refractivity contribution in [2.75, 3.05) is 0 Å². The Morgan fingerprint density at radius 2 is 1.84 bits per heavy atom. The van der Waals surface area contributed by atoms with Crippen LogP contribution in [-0.2, 0) is 4.79 Å². The third-order valence-electron chi connectivity index (χ3n) is 6.02. The highest BCUT2D eigenvalue weighted by Crippen LogP contribution is 2.63. The predicted octanol–water partition coefficient (Wildman–Crippen LogP) is 4.46. The Labute approximate surface area is 116 Å². The van der Waals surface area contributed by atoms with Crippen LogP contribution in [0.1, 0.15) is 46.0 Å². The molecule has 0 aromatic rings. The Morgan fingerprint density at radius 3 is 2.47 bits per heavy atom. The monoisotopic (exact) mass is 256 g/mol. The molecule has 19 heavy (non-hydrogen) atoms. The standard InChI is InChI=1S/C18H24O/c1-13(2)14-12-16(19)17(3)9-5-4-8-15(17)18(14)10-6-7-11-18/h4-7,14-15H,1,8-12H2,2-3H3/t14-,15-,17-/m0/s1. The molecule has 0 aromatic heterocycles. The van der Waals surface area contributed by atoms with Crippen LogP contribution in [0.15, 0.2) is 36.5 Å². The van der Waals surface area contributed by atoms with Gasteiger partial charge in [-0.2, -0.15) is 0 Å². The third-order valence-corrected chi connectivity index (χ3v) is 6.02. The maximum atomic E-state index is 12.7. The molecule has 3 atom stereocenters. The number of carbonyl (C=O) groups excluding carboxylic acids is 1. The van der Waals surface area contributed by atoms with E-state index >= 15 is 0 Å². The Hall–Kier alpha value is -1.11. The summed E-state index contributed by atoms with van der Waals surface area (Å²) in [5.74, 6) is 1.33. The summed E-state index contributed by atoms with van der Waals surface area (Å²) in [6, 6.07) is 0. The zero-order valence-electron chi connectivity index (χ0n) is 12.1. The summed E-state index contributed by atoms with van der Waals surface area (Å²) in [5, 5.41) is 0. The Kier molecular flexibility index (Phi) is 2.85. The second-order valence-corrected chi connectivity index (χ2v) is 7.02. The van der Waals surface area contributed by atoms with Crippen LogP contribution in [0.3, 0.4) is 0 Å². The minimum Gasteiger partial charge on any atom is -0.299 e. The van der Waals surface area contributed by atoms with Crippen molar-refractivity contribution in [3.63, 3.8) is 0 Å². The molecule has 1 fully saturated rings. The lowest BCUT2D eigenvalue weighted by Gasteiger charge is -2.56. The van der Waals surface area contributed by atoms with Gasteiger partial charge in [0.15, 0.2) is 0 Å². The predicted molar refractivity (Wildman–Crippen MR) is 78.7 cm³/mol. The second-order valence-electron chi connectivity index (χ2n) is 7.02. The summed E-state index contributed by atoms with van der Waals surface area (Å²) in [4.78, 5) is 12.7. The molecule has 0 radical (unpaired) electrons. The van der Waals surface area contributed by atoms with E-state index in [-0.39, 0.29) is 10.8 Å². The van der Waals surface area contributed by atoms with E-state index in [2.05, 4.69) is 44.7 Å². The molecule has 0 amide bonds. The van der Waals surface area contributed by atoms with Crippen LogP contribution in [0.5, 0.6) is 0 Å². The summed E-state index contributed by atoms with van der Waals surface area (Å²) >= 11 is 0. The number of hydrogen-bond donors (Lipinski definition) is 0. The van der Waals surface area contributed by atoms with Crippen LogP contribution < -0.4 is 0 Å². The summed E-state index contributed by atoms with van der Waals surface area (Å²) in [7, 11) is 0. The summed E-state index contributed by atoms with van der Waals surface area (Å²) < 4.78 is 0. The van der Waals surface area contributed by atoms with Crippen molar-refractivity contribution < 1.29 is 4.79 Å². The minimum absolute atomic E-state index is 0.132. The number of hydrogen-bond acceptors (Lipinski definition) is 1. The smallest absolute Gasteiger partial charge is 0.139 e. The van der Waals surface area contributed by atoms with E-state index < -0.39 is 0 Å². The fourth-order valence-corrected chi connectivity index (χ4v) is 4.93. The summed E-state index contributed by atoms with van der Waals surface area (Å²) in [6.45, 7) is 8.51. The molecule has 1 spiro atoms. The van der Waals surface area contributed by atoms with Crippen molar-refractivity contribution in [3.05, 3.63) is 36.5 Å². The SMILES string of the molecule is C=C(C)[C@@H]1CC(=O)[C@@]2(C)CC=CC[C@@H]2C12CC=CC2. The van der Waals surface area contributed by atoms with E-state index in [1.807, 2.05) is 0 Å². The first-order valence-corrected chi connectivity index (χ1v) is 7.49. The normalized spacial score (nSPS) is 39.6. The molecule has 0 N–H and O–H groups in total. The molecule has 3 aliphatic rings. The van der Waals surface area contributed by atoms with Gasteiger partial charge in [-0.3, -0.25) is 4.79 Å². The van der Waals surface area contributed by atoms with E-state index in [4.69, 9.17) is 0 Å². The van der Waals surface area contributed by atoms with Crippen molar-refractivity contribution in [3.8, 4) is 0 Å². The van der Waals surface area contributed by atoms with Gasteiger partial charge in [-0.25, -0.2) is 0 Å². The van der Waals surface area contributed by atoms with Crippen LogP contribution >= 0.6 is 0 Å². The van der Waals surface area contributed by atoms with Crippen molar-refractivity contribution in [2.45, 2.75) is 46.0 Å². The first-order valence-electron chi connectivity index (χ1n) is 7.49. The van der Waals surface area contributed by atoms with Gasteiger partial charge in [0.05, 0.1) is 0 Å². The molecule has 0 heterocycles. The average molecular weight is 256 g/mol. The van der Waals surface area contributed by atoms with Crippen LogP contribution in [0, 0.1) is 22.7 Å². The molecule has 102 valence electrons. The van der Waals surface area contributed by atoms with Gasteiger partial charge >= 0.3 is 0 Å². The number of rotatable bonds is 1. The molecule has 3 rings (SSSR count). The zero-order chi connectivity index (χ0) is 13.7. The van der Waals surface area contributed by atoms with Gasteiger partial charge in [-0.15, -0.1) is 0 Å². The molecule has 0 aliphatic heterocycles. The summed E-state index contributed by atoms with van der Waals surface area (Å²) in [6.07, 6.45) is 14.1. The Bertz CT molecular complexity index is 474. The van der Waals surface area contributed by atoms with E-state index in [1.165, 1.54) is 5.57 Å². The first kappa shape index (κ1) is 12.9. The van der Waals surface area contributed by atoms with Gasteiger partial charge in [0.1, 0.15) is 5.78 Å². The van der Waals surface area contributed by atoms with Crippen molar-refractivity contribution in [1.29, 1.82) is 0 Å². The van der Waals surface area contributed by atoms with Crippen LogP contribution in [0.2, 0.25) is 0 Å². The van der Waals surface area contributed by atoms with Gasteiger partial charge in [-0.05, 0) is 49.9 Å². The number of ketones is 1. The van der Waals surface area contributed by atoms with Gasteiger partial charge in [-0.1, -0.05) is 43.4 Å². The van der Waals surface area contributed by atoms with E-state index in [1.54, 1.807) is 0 Å². The van der Waals surface area contributed by atoms with Crippen LogP contribution in [0.4, 0.5) is 0 Å². The molecule has 1 nitrogen and oxygen atoms in total. The zero-order valence-corrected chi connectivity index (χ0v) is 12.1. The van der Waals surface area contributed by atoms with Crippen LogP contribution in [0.25, 0.3) is 0 Å². The van der Waals surface area contributed by atoms with E-state index in [9.17, 15) is 4.79 Å². The van der Waals surface area contributed by atoms with Gasteiger partial charge in [0.2, 0.25) is 0 Å². The number of fused-ring (bicyclic) bond motifs is 2. The lowest BCUT2D eigenvalue weighted by atomic mass is 9.46. The first-order chi connectivity index (χ1) is 9.01. The molecule has 0 unspecified atom stereocenters. The number of carbonyl (C=O) groups is 1. The molecule has 1 heteroatoms. The maximum Gasteiger partial charge on any atom is 0.139 e. The van der Waals surface area contributed by atoms with E-state index in [0.717, 1.165) is 25.7 Å². The fourth-order valence-electron chi connectivity index (χ4n) is 4.93. The number of allylic oxidation sites excluding steroid dienone is 5. The van der Waals surface area contributed by atoms with Gasteiger partial charge in [0.25, 0.3) is 0 Å². The molecular weight excluding hydrogens is 232 g/mol. The topological polar surface area (TPSA) is 17.1 Å². The Balaban J connectivity index is 2.08. The molecule has 0 aromatic carbocycles. The molecule has 0 saturated heterocycles. The van der Waals surface area contributed by atoms with Gasteiger partial charge < -0.3 is 0 Å². The Morgan fingerprint density at radius 1 is 1.21 bits per heavy atom. The lowest BCUT2D eigenvalue weighted by Crippen LogP contribution is -2.54. The van der Waals surface area contributed by atoms with Crippen LogP contribution in [-0.4, -0.2) is 5.78 Å². The van der Waals surface area contributed by atoms with Crippen molar-refractivity contribution >= 4 is 5.78 Å². The highest BCUT2D eigenvalue weighted by Gasteiger charge is 2.59. The quantitative estimate of drug-likeness (QED) is 0.633. The highest BCUT2D eigenvalue weighted by molar-refractivity contribution is 5.87. The fraction of sp³-hybridized carbons (Fsp3) is 0.611. The van der Waals surface area contributed by atoms with Gasteiger partial charge in [0, 0.05) is 11.8 Å². The molecular formula is C18H24O.